The van der Waals surface area contributed by atoms with Gasteiger partial charge in [-0.05, 0) is 12.3 Å². The van der Waals surface area contributed by atoms with E-state index in [1.807, 2.05) is 19.2 Å². The van der Waals surface area contributed by atoms with Crippen molar-refractivity contribution < 1.29 is 18.0 Å². The average molecular weight is 197 g/mol. The molecule has 78 valence electrons. The Balaban J connectivity index is 3.53. The fourth-order valence-electron chi connectivity index (χ4n) is 0.707. The minimum atomic E-state index is -4.31. The molecule has 0 fully saturated rings. The molecule has 1 N–H and O–H groups in total. The first-order valence-electron chi connectivity index (χ1n) is 4.14. The van der Waals surface area contributed by atoms with Crippen molar-refractivity contribution in [2.24, 2.45) is 5.92 Å². The van der Waals surface area contributed by atoms with Crippen molar-refractivity contribution in [2.75, 3.05) is 6.54 Å². The van der Waals surface area contributed by atoms with Crippen molar-refractivity contribution in [1.29, 1.82) is 0 Å². The van der Waals surface area contributed by atoms with Crippen LogP contribution in [0.1, 0.15) is 26.7 Å². The van der Waals surface area contributed by atoms with Gasteiger partial charge in [-0.15, -0.1) is 0 Å². The third-order valence-corrected chi connectivity index (χ3v) is 1.43. The van der Waals surface area contributed by atoms with Crippen LogP contribution in [0.25, 0.3) is 0 Å². The molecule has 1 amide bonds. The van der Waals surface area contributed by atoms with Crippen LogP contribution in [0.3, 0.4) is 0 Å². The summed E-state index contributed by atoms with van der Waals surface area (Å²) in [6.07, 6.45) is -3.54. The molecule has 0 rings (SSSR count). The highest BCUT2D eigenvalue weighted by Gasteiger charge is 2.27. The molecule has 5 heteroatoms. The van der Waals surface area contributed by atoms with Crippen molar-refractivity contribution in [3.8, 4) is 0 Å². The van der Waals surface area contributed by atoms with E-state index >= 15 is 0 Å². The highest BCUT2D eigenvalue weighted by molar-refractivity contribution is 5.75. The van der Waals surface area contributed by atoms with Crippen LogP contribution in [0.2, 0.25) is 0 Å². The summed E-state index contributed by atoms with van der Waals surface area (Å²) in [6.45, 7) is 2.60. The molecular weight excluding hydrogens is 183 g/mol. The first kappa shape index (κ1) is 12.3. The molecule has 0 aromatic rings. The molecule has 0 aromatic heterocycles. The van der Waals surface area contributed by atoms with Gasteiger partial charge in [0.15, 0.2) is 0 Å². The zero-order valence-corrected chi connectivity index (χ0v) is 7.74. The van der Waals surface area contributed by atoms with Crippen molar-refractivity contribution in [3.63, 3.8) is 0 Å². The molecule has 0 bridgehead atoms. The zero-order chi connectivity index (χ0) is 10.5. The Morgan fingerprint density at radius 2 is 1.92 bits per heavy atom. The van der Waals surface area contributed by atoms with Gasteiger partial charge in [-0.1, -0.05) is 13.8 Å². The largest absolute Gasteiger partial charge is 0.405 e. The van der Waals surface area contributed by atoms with E-state index in [0.717, 1.165) is 0 Å². The summed E-state index contributed by atoms with van der Waals surface area (Å²) in [6, 6.07) is 0. The highest BCUT2D eigenvalue weighted by atomic mass is 19.4. The number of rotatable bonds is 4. The Bertz CT molecular complexity index is 165. The standard InChI is InChI=1S/C8H14F3NO/c1-6(2)3-4-7(13)12-5-8(9,10)11/h6H,3-5H2,1-2H3,(H,12,13). The summed E-state index contributed by atoms with van der Waals surface area (Å²) in [4.78, 5) is 10.8. The molecule has 0 spiro atoms. The van der Waals surface area contributed by atoms with Gasteiger partial charge >= 0.3 is 6.18 Å². The Labute approximate surface area is 75.5 Å². The van der Waals surface area contributed by atoms with Crippen LogP contribution in [-0.2, 0) is 4.79 Å². The normalized spacial score (nSPS) is 11.8. The van der Waals surface area contributed by atoms with E-state index in [1.54, 1.807) is 0 Å². The summed E-state index contributed by atoms with van der Waals surface area (Å²) < 4.78 is 34.8. The quantitative estimate of drug-likeness (QED) is 0.734. The maximum Gasteiger partial charge on any atom is 0.405 e. The maximum atomic E-state index is 11.6. The van der Waals surface area contributed by atoms with Gasteiger partial charge in [0.2, 0.25) is 5.91 Å². The molecule has 0 aromatic carbocycles. The molecular formula is C8H14F3NO. The third kappa shape index (κ3) is 9.17. The molecule has 0 heterocycles. The van der Waals surface area contributed by atoms with Crippen LogP contribution < -0.4 is 5.32 Å². The molecule has 0 saturated heterocycles. The molecule has 0 aliphatic rings. The number of alkyl halides is 3. The van der Waals surface area contributed by atoms with E-state index in [-0.39, 0.29) is 6.42 Å². The van der Waals surface area contributed by atoms with Gasteiger partial charge < -0.3 is 5.32 Å². The van der Waals surface area contributed by atoms with E-state index in [9.17, 15) is 18.0 Å². The van der Waals surface area contributed by atoms with Crippen LogP contribution in [-0.4, -0.2) is 18.6 Å². The van der Waals surface area contributed by atoms with Gasteiger partial charge in [-0.2, -0.15) is 13.2 Å². The molecule has 13 heavy (non-hydrogen) atoms. The second kappa shape index (κ2) is 5.09. The van der Waals surface area contributed by atoms with Crippen LogP contribution >= 0.6 is 0 Å². The van der Waals surface area contributed by atoms with E-state index in [0.29, 0.717) is 12.3 Å². The molecule has 0 aliphatic heterocycles. The van der Waals surface area contributed by atoms with Gasteiger partial charge in [0.1, 0.15) is 6.54 Å². The first-order valence-corrected chi connectivity index (χ1v) is 4.14. The van der Waals surface area contributed by atoms with Crippen LogP contribution in [0.15, 0.2) is 0 Å². The third-order valence-electron chi connectivity index (χ3n) is 1.43. The minimum absolute atomic E-state index is 0.160. The van der Waals surface area contributed by atoms with Crippen molar-refractivity contribution in [1.82, 2.24) is 5.32 Å². The van der Waals surface area contributed by atoms with E-state index in [4.69, 9.17) is 0 Å². The number of carbonyl (C=O) groups excluding carboxylic acids is 1. The van der Waals surface area contributed by atoms with Gasteiger partial charge in [0, 0.05) is 6.42 Å². The predicted molar refractivity (Wildman–Crippen MR) is 43.1 cm³/mol. The van der Waals surface area contributed by atoms with Crippen molar-refractivity contribution >= 4 is 5.91 Å². The number of hydrogen-bond acceptors (Lipinski definition) is 1. The SMILES string of the molecule is CC(C)CCC(=O)NCC(F)(F)F. The smallest absolute Gasteiger partial charge is 0.347 e. The second-order valence-electron chi connectivity index (χ2n) is 3.32. The fourth-order valence-corrected chi connectivity index (χ4v) is 0.707. The number of nitrogens with one attached hydrogen (secondary N) is 1. The first-order chi connectivity index (χ1) is 5.81. The van der Waals surface area contributed by atoms with Crippen LogP contribution in [0.4, 0.5) is 13.2 Å². The van der Waals surface area contributed by atoms with Crippen LogP contribution in [0, 0.1) is 5.92 Å². The summed E-state index contributed by atoms with van der Waals surface area (Å²) >= 11 is 0. The van der Waals surface area contributed by atoms with Crippen molar-refractivity contribution in [3.05, 3.63) is 0 Å². The molecule has 0 atom stereocenters. The Morgan fingerprint density at radius 3 is 2.31 bits per heavy atom. The van der Waals surface area contributed by atoms with Gasteiger partial charge in [-0.25, -0.2) is 0 Å². The van der Waals surface area contributed by atoms with Gasteiger partial charge in [-0.3, -0.25) is 4.79 Å². The van der Waals surface area contributed by atoms with Crippen LogP contribution in [0.5, 0.6) is 0 Å². The Kier molecular flexibility index (Phi) is 4.80. The molecule has 0 aliphatic carbocycles. The predicted octanol–water partition coefficient (Wildman–Crippen LogP) is 2.10. The Morgan fingerprint density at radius 1 is 1.38 bits per heavy atom. The Hall–Kier alpha value is -0.740. The lowest BCUT2D eigenvalue weighted by Gasteiger charge is -2.08. The van der Waals surface area contributed by atoms with E-state index < -0.39 is 18.6 Å². The number of halogens is 3. The molecule has 0 radical (unpaired) electrons. The zero-order valence-electron chi connectivity index (χ0n) is 7.74. The number of carbonyl (C=O) groups is 1. The van der Waals surface area contributed by atoms with Crippen molar-refractivity contribution in [2.45, 2.75) is 32.9 Å². The average Bonchev–Trinajstić information content (AvgIpc) is 1.95. The lowest BCUT2D eigenvalue weighted by atomic mass is 10.1. The molecule has 0 saturated carbocycles. The van der Waals surface area contributed by atoms with Gasteiger partial charge in [0.05, 0.1) is 0 Å². The monoisotopic (exact) mass is 197 g/mol. The topological polar surface area (TPSA) is 29.1 Å². The highest BCUT2D eigenvalue weighted by Crippen LogP contribution is 2.12. The second-order valence-corrected chi connectivity index (χ2v) is 3.32. The lowest BCUT2D eigenvalue weighted by molar-refractivity contribution is -0.138. The molecule has 2 nitrogen and oxygen atoms in total. The minimum Gasteiger partial charge on any atom is -0.347 e. The maximum absolute atomic E-state index is 11.6. The summed E-state index contributed by atoms with van der Waals surface area (Å²) in [5.74, 6) is -0.206. The summed E-state index contributed by atoms with van der Waals surface area (Å²) in [7, 11) is 0. The number of hydrogen-bond donors (Lipinski definition) is 1. The fraction of sp³-hybridized carbons (Fsp3) is 0.875. The number of amides is 1. The molecule has 0 unspecified atom stereocenters. The van der Waals surface area contributed by atoms with Gasteiger partial charge in [0.25, 0.3) is 0 Å². The summed E-state index contributed by atoms with van der Waals surface area (Å²) in [5, 5.41) is 1.81. The summed E-state index contributed by atoms with van der Waals surface area (Å²) in [5.41, 5.74) is 0. The van der Waals surface area contributed by atoms with E-state index in [2.05, 4.69) is 0 Å². The van der Waals surface area contributed by atoms with E-state index in [1.165, 1.54) is 0 Å². The lowest BCUT2D eigenvalue weighted by Crippen LogP contribution is -2.33.